The van der Waals surface area contributed by atoms with Crippen LogP contribution in [0.3, 0.4) is 0 Å². The van der Waals surface area contributed by atoms with Crippen molar-refractivity contribution >= 4 is 5.97 Å². The minimum absolute atomic E-state index is 0. The molecule has 22 heavy (non-hydrogen) atoms. The molecular formula is C18H22FNO2. The number of benzene rings is 2. The normalized spacial score (nSPS) is 9.91. The lowest BCUT2D eigenvalue weighted by Gasteiger charge is -2.07. The van der Waals surface area contributed by atoms with Crippen LogP contribution in [0, 0.1) is 5.82 Å². The summed E-state index contributed by atoms with van der Waals surface area (Å²) in [6, 6.07) is 14.1. The number of ether oxygens (including phenoxy) is 1. The lowest BCUT2D eigenvalue weighted by Crippen LogP contribution is -2.12. The maximum atomic E-state index is 14.1. The van der Waals surface area contributed by atoms with Crippen LogP contribution in [-0.4, -0.2) is 19.1 Å². The van der Waals surface area contributed by atoms with E-state index in [1.54, 1.807) is 12.1 Å². The van der Waals surface area contributed by atoms with Gasteiger partial charge in [-0.15, -0.1) is 0 Å². The lowest BCUT2D eigenvalue weighted by atomic mass is 10.0. The van der Waals surface area contributed by atoms with Crippen LogP contribution in [0.5, 0.6) is 0 Å². The van der Waals surface area contributed by atoms with Gasteiger partial charge in [0.2, 0.25) is 0 Å². The molecule has 2 N–H and O–H groups in total. The van der Waals surface area contributed by atoms with Crippen LogP contribution in [0.15, 0.2) is 48.5 Å². The molecule has 0 unspecified atom stereocenters. The highest BCUT2D eigenvalue weighted by Gasteiger charge is 2.09. The summed E-state index contributed by atoms with van der Waals surface area (Å²) in [6.07, 6.45) is 0.698. The predicted molar refractivity (Wildman–Crippen MR) is 86.9 cm³/mol. The van der Waals surface area contributed by atoms with Crippen molar-refractivity contribution in [2.24, 2.45) is 5.73 Å². The van der Waals surface area contributed by atoms with Gasteiger partial charge in [0.15, 0.2) is 0 Å². The molecule has 0 saturated carbocycles. The average Bonchev–Trinajstić information content (AvgIpc) is 2.48. The van der Waals surface area contributed by atoms with Gasteiger partial charge in [-0.3, -0.25) is 4.79 Å². The van der Waals surface area contributed by atoms with Crippen molar-refractivity contribution in [3.05, 3.63) is 59.9 Å². The van der Waals surface area contributed by atoms with E-state index < -0.39 is 0 Å². The summed E-state index contributed by atoms with van der Waals surface area (Å²) in [4.78, 5) is 11.6. The second-order valence-corrected chi connectivity index (χ2v) is 4.72. The minimum atomic E-state index is -0.365. The number of hydrogen-bond acceptors (Lipinski definition) is 3. The van der Waals surface area contributed by atoms with Crippen LogP contribution in [0.1, 0.15) is 19.4 Å². The Bertz CT molecular complexity index is 599. The highest BCUT2D eigenvalue weighted by atomic mass is 19.1. The van der Waals surface area contributed by atoms with Gasteiger partial charge in [-0.2, -0.15) is 0 Å². The SMILES string of the molecule is C.NCCCOC(=O)Cc1ccc(-c2ccccc2)c(F)c1. The maximum absolute atomic E-state index is 14.1. The zero-order valence-electron chi connectivity index (χ0n) is 11.7. The van der Waals surface area contributed by atoms with Crippen molar-refractivity contribution in [1.29, 1.82) is 0 Å². The molecule has 0 atom stereocenters. The Morgan fingerprint density at radius 3 is 2.50 bits per heavy atom. The Kier molecular flexibility index (Phi) is 7.26. The van der Waals surface area contributed by atoms with E-state index in [-0.39, 0.29) is 25.6 Å². The average molecular weight is 303 g/mol. The molecule has 118 valence electrons. The van der Waals surface area contributed by atoms with Crippen LogP contribution in [0.25, 0.3) is 11.1 Å². The minimum Gasteiger partial charge on any atom is -0.465 e. The van der Waals surface area contributed by atoms with Crippen molar-refractivity contribution in [2.75, 3.05) is 13.2 Å². The van der Waals surface area contributed by atoms with Gasteiger partial charge in [-0.25, -0.2) is 4.39 Å². The van der Waals surface area contributed by atoms with E-state index in [1.807, 2.05) is 30.3 Å². The van der Waals surface area contributed by atoms with E-state index in [1.165, 1.54) is 6.07 Å². The second kappa shape index (κ2) is 8.95. The van der Waals surface area contributed by atoms with Crippen molar-refractivity contribution < 1.29 is 13.9 Å². The molecule has 0 spiro atoms. The van der Waals surface area contributed by atoms with Gasteiger partial charge in [0.25, 0.3) is 0 Å². The molecule has 0 heterocycles. The van der Waals surface area contributed by atoms with Crippen molar-refractivity contribution in [3.8, 4) is 11.1 Å². The highest BCUT2D eigenvalue weighted by molar-refractivity contribution is 5.73. The van der Waals surface area contributed by atoms with Crippen molar-refractivity contribution in [3.63, 3.8) is 0 Å². The Labute approximate surface area is 130 Å². The number of halogens is 1. The molecule has 0 aliphatic heterocycles. The number of esters is 1. The Hall–Kier alpha value is -2.20. The summed E-state index contributed by atoms with van der Waals surface area (Å²) in [5, 5.41) is 0. The van der Waals surface area contributed by atoms with Gasteiger partial charge >= 0.3 is 5.97 Å². The standard InChI is InChI=1S/C17H18FNO2.CH4/c18-16-11-13(12-17(20)21-10-4-9-19)7-8-15(16)14-5-2-1-3-6-14;/h1-3,5-8,11H,4,9-10,12,19H2;1H4. The van der Waals surface area contributed by atoms with E-state index in [9.17, 15) is 9.18 Å². The fraction of sp³-hybridized carbons (Fsp3) is 0.278. The summed E-state index contributed by atoms with van der Waals surface area (Å²) in [7, 11) is 0. The first kappa shape index (κ1) is 17.9. The summed E-state index contributed by atoms with van der Waals surface area (Å²) in [5.74, 6) is -0.705. The first-order valence-electron chi connectivity index (χ1n) is 6.90. The Balaban J connectivity index is 0.00000242. The van der Waals surface area contributed by atoms with Crippen molar-refractivity contribution in [1.82, 2.24) is 0 Å². The molecule has 3 nitrogen and oxygen atoms in total. The predicted octanol–water partition coefficient (Wildman–Crippen LogP) is 3.56. The van der Waals surface area contributed by atoms with Gasteiger partial charge in [0.1, 0.15) is 5.82 Å². The quantitative estimate of drug-likeness (QED) is 0.655. The molecule has 2 aromatic rings. The Morgan fingerprint density at radius 2 is 1.86 bits per heavy atom. The first-order chi connectivity index (χ1) is 10.2. The monoisotopic (exact) mass is 303 g/mol. The topological polar surface area (TPSA) is 52.3 Å². The zero-order chi connectivity index (χ0) is 15.1. The van der Waals surface area contributed by atoms with Gasteiger partial charge in [0.05, 0.1) is 13.0 Å². The van der Waals surface area contributed by atoms with Crippen LogP contribution in [-0.2, 0) is 16.0 Å². The summed E-state index contributed by atoms with van der Waals surface area (Å²) >= 11 is 0. The number of nitrogens with two attached hydrogens (primary N) is 1. The molecule has 0 aliphatic carbocycles. The van der Waals surface area contributed by atoms with E-state index >= 15 is 0 Å². The lowest BCUT2D eigenvalue weighted by molar-refractivity contribution is -0.142. The number of carbonyl (C=O) groups is 1. The molecule has 2 rings (SSSR count). The van der Waals surface area contributed by atoms with Gasteiger partial charge in [-0.05, 0) is 30.2 Å². The molecule has 2 aromatic carbocycles. The molecule has 0 amide bonds. The molecule has 0 bridgehead atoms. The molecule has 0 radical (unpaired) electrons. The van der Waals surface area contributed by atoms with E-state index in [0.29, 0.717) is 30.7 Å². The van der Waals surface area contributed by atoms with E-state index in [4.69, 9.17) is 10.5 Å². The number of hydrogen-bond donors (Lipinski definition) is 1. The first-order valence-corrected chi connectivity index (χ1v) is 6.90. The molecule has 0 saturated heterocycles. The highest BCUT2D eigenvalue weighted by Crippen LogP contribution is 2.23. The maximum Gasteiger partial charge on any atom is 0.310 e. The number of carbonyl (C=O) groups excluding carboxylic acids is 1. The zero-order valence-corrected chi connectivity index (χ0v) is 11.7. The van der Waals surface area contributed by atoms with Crippen LogP contribution in [0.4, 0.5) is 4.39 Å². The molecule has 0 fully saturated rings. The molecule has 4 heteroatoms. The van der Waals surface area contributed by atoms with Crippen LogP contribution < -0.4 is 5.73 Å². The second-order valence-electron chi connectivity index (χ2n) is 4.72. The van der Waals surface area contributed by atoms with E-state index in [2.05, 4.69) is 0 Å². The van der Waals surface area contributed by atoms with E-state index in [0.717, 1.165) is 5.56 Å². The molecular weight excluding hydrogens is 281 g/mol. The van der Waals surface area contributed by atoms with Crippen molar-refractivity contribution in [2.45, 2.75) is 20.3 Å². The van der Waals surface area contributed by atoms with Gasteiger partial charge < -0.3 is 10.5 Å². The largest absolute Gasteiger partial charge is 0.465 e. The molecule has 0 aliphatic rings. The number of rotatable bonds is 6. The Morgan fingerprint density at radius 1 is 1.14 bits per heavy atom. The van der Waals surface area contributed by atoms with Crippen LogP contribution >= 0.6 is 0 Å². The summed E-state index contributed by atoms with van der Waals surface area (Å²) < 4.78 is 19.1. The summed E-state index contributed by atoms with van der Waals surface area (Å²) in [6.45, 7) is 0.785. The summed E-state index contributed by atoms with van der Waals surface area (Å²) in [5.41, 5.74) is 7.26. The fourth-order valence-corrected chi connectivity index (χ4v) is 2.01. The fourth-order valence-electron chi connectivity index (χ4n) is 2.01. The van der Waals surface area contributed by atoms with Crippen LogP contribution in [0.2, 0.25) is 0 Å². The third kappa shape index (κ3) is 4.97. The smallest absolute Gasteiger partial charge is 0.310 e. The third-order valence-electron chi connectivity index (χ3n) is 3.08. The van der Waals surface area contributed by atoms with Gasteiger partial charge in [-0.1, -0.05) is 49.9 Å². The van der Waals surface area contributed by atoms with Gasteiger partial charge in [0, 0.05) is 5.56 Å². The molecule has 0 aromatic heterocycles. The third-order valence-corrected chi connectivity index (χ3v) is 3.08.